The number of unbranched alkanes of at least 4 members (excludes halogenated alkanes) is 34. The number of aliphatic hydroxyl groups is 1. The summed E-state index contributed by atoms with van der Waals surface area (Å²) in [5.41, 5.74) is 0. The van der Waals surface area contributed by atoms with Crippen molar-refractivity contribution in [1.82, 2.24) is 0 Å². The van der Waals surface area contributed by atoms with Crippen LogP contribution < -0.4 is 0 Å². The third-order valence-corrected chi connectivity index (χ3v) is 18.8. The molecule has 0 heterocycles. The van der Waals surface area contributed by atoms with Crippen LogP contribution in [0, 0.1) is 23.7 Å². The molecular weight excluding hydrogens is 1200 g/mol. The summed E-state index contributed by atoms with van der Waals surface area (Å²) in [6, 6.07) is 0. The first-order valence-electron chi connectivity index (χ1n) is 37.2. The van der Waals surface area contributed by atoms with Crippen LogP contribution in [-0.4, -0.2) is 96.7 Å². The number of phosphoric ester groups is 2. The molecule has 540 valence electrons. The van der Waals surface area contributed by atoms with Gasteiger partial charge in [0, 0.05) is 25.7 Å². The van der Waals surface area contributed by atoms with Crippen LogP contribution in [0.5, 0.6) is 0 Å². The maximum Gasteiger partial charge on any atom is 0.472 e. The molecule has 0 aromatic rings. The van der Waals surface area contributed by atoms with Gasteiger partial charge in [-0.15, -0.1) is 0 Å². The molecule has 0 spiro atoms. The molecule has 0 amide bonds. The van der Waals surface area contributed by atoms with E-state index >= 15 is 0 Å². The first-order valence-corrected chi connectivity index (χ1v) is 40.2. The molecule has 91 heavy (non-hydrogen) atoms. The van der Waals surface area contributed by atoms with Gasteiger partial charge in [-0.2, -0.15) is 0 Å². The van der Waals surface area contributed by atoms with Crippen molar-refractivity contribution in [2.45, 2.75) is 375 Å². The minimum Gasteiger partial charge on any atom is -0.462 e. The summed E-state index contributed by atoms with van der Waals surface area (Å²) in [4.78, 5) is 72.6. The summed E-state index contributed by atoms with van der Waals surface area (Å²) < 4.78 is 68.3. The van der Waals surface area contributed by atoms with Crippen LogP contribution in [0.4, 0.5) is 0 Å². The molecule has 0 bridgehead atoms. The fourth-order valence-corrected chi connectivity index (χ4v) is 12.4. The van der Waals surface area contributed by atoms with Crippen molar-refractivity contribution in [2.24, 2.45) is 23.7 Å². The van der Waals surface area contributed by atoms with Crippen LogP contribution in [0.1, 0.15) is 357 Å². The Morgan fingerprint density at radius 3 is 0.780 bits per heavy atom. The summed E-state index contributed by atoms with van der Waals surface area (Å²) in [5.74, 6) is 0.848. The van der Waals surface area contributed by atoms with E-state index in [2.05, 4.69) is 55.4 Å². The first-order chi connectivity index (χ1) is 43.6. The van der Waals surface area contributed by atoms with Gasteiger partial charge < -0.3 is 33.8 Å². The van der Waals surface area contributed by atoms with Crippen molar-refractivity contribution in [2.75, 3.05) is 39.6 Å². The molecule has 0 aromatic heterocycles. The second-order valence-electron chi connectivity index (χ2n) is 27.6. The minimum absolute atomic E-state index is 0.102. The lowest BCUT2D eigenvalue weighted by Gasteiger charge is -2.21. The zero-order valence-corrected chi connectivity index (χ0v) is 61.3. The highest BCUT2D eigenvalue weighted by atomic mass is 31.2. The molecule has 0 fully saturated rings. The Labute approximate surface area is 556 Å². The molecule has 0 saturated heterocycles. The number of aliphatic hydroxyl groups excluding tert-OH is 1. The van der Waals surface area contributed by atoms with Crippen LogP contribution in [-0.2, 0) is 65.4 Å². The van der Waals surface area contributed by atoms with Gasteiger partial charge in [0.2, 0.25) is 0 Å². The lowest BCUT2D eigenvalue weighted by Crippen LogP contribution is -2.30. The molecule has 17 nitrogen and oxygen atoms in total. The van der Waals surface area contributed by atoms with E-state index in [4.69, 9.17) is 37.0 Å². The van der Waals surface area contributed by atoms with Gasteiger partial charge in [0.15, 0.2) is 12.2 Å². The highest BCUT2D eigenvalue weighted by molar-refractivity contribution is 7.47. The van der Waals surface area contributed by atoms with Gasteiger partial charge in [-0.3, -0.25) is 37.3 Å². The Bertz CT molecular complexity index is 1800. The van der Waals surface area contributed by atoms with Crippen LogP contribution in [0.3, 0.4) is 0 Å². The largest absolute Gasteiger partial charge is 0.472 e. The zero-order valence-electron chi connectivity index (χ0n) is 59.5. The maximum absolute atomic E-state index is 13.0. The van der Waals surface area contributed by atoms with Gasteiger partial charge in [0.05, 0.1) is 26.4 Å². The second kappa shape index (κ2) is 61.6. The Morgan fingerprint density at radius 1 is 0.308 bits per heavy atom. The number of carbonyl (C=O) groups excluding carboxylic acids is 4. The third kappa shape index (κ3) is 65.1. The summed E-state index contributed by atoms with van der Waals surface area (Å²) in [6.07, 6.45) is 44.6. The fraction of sp³-hybridized carbons (Fsp3) is 0.944. The van der Waals surface area contributed by atoms with E-state index in [1.165, 1.54) is 154 Å². The highest BCUT2D eigenvalue weighted by Gasteiger charge is 2.30. The lowest BCUT2D eigenvalue weighted by atomic mass is 10.00. The normalized spacial score (nSPS) is 14.5. The van der Waals surface area contributed by atoms with Crippen LogP contribution >= 0.6 is 15.6 Å². The summed E-state index contributed by atoms with van der Waals surface area (Å²) in [7, 11) is -9.90. The molecule has 0 rings (SSSR count). The Morgan fingerprint density at radius 2 is 0.527 bits per heavy atom. The van der Waals surface area contributed by atoms with Gasteiger partial charge in [0.1, 0.15) is 19.3 Å². The SMILES string of the molecule is CCC(C)CCCCCCCCC(=O)O[C@H](COC(=O)CCCCCCCCCCCC(C)C)COP(=O)(O)OCC(O)COP(=O)(O)OC[C@@H](COC(=O)CCCCCCCCCC(C)C)OC(=O)CCCCCCCCCCCCCCCCCCC(C)C. The molecule has 4 unspecified atom stereocenters. The van der Waals surface area contributed by atoms with Gasteiger partial charge in [0.25, 0.3) is 0 Å². The molecule has 0 saturated carbocycles. The van der Waals surface area contributed by atoms with Gasteiger partial charge in [-0.1, -0.05) is 306 Å². The van der Waals surface area contributed by atoms with E-state index in [9.17, 15) is 43.2 Å². The van der Waals surface area contributed by atoms with Crippen LogP contribution in [0.25, 0.3) is 0 Å². The van der Waals surface area contributed by atoms with E-state index in [1.807, 2.05) is 0 Å². The van der Waals surface area contributed by atoms with Gasteiger partial charge in [-0.25, -0.2) is 9.13 Å². The fourth-order valence-electron chi connectivity index (χ4n) is 10.8. The van der Waals surface area contributed by atoms with E-state index in [0.29, 0.717) is 31.6 Å². The van der Waals surface area contributed by atoms with Crippen LogP contribution in [0.15, 0.2) is 0 Å². The Kier molecular flexibility index (Phi) is 60.3. The third-order valence-electron chi connectivity index (χ3n) is 16.9. The predicted molar refractivity (Wildman–Crippen MR) is 367 cm³/mol. The summed E-state index contributed by atoms with van der Waals surface area (Å²) in [6.45, 7) is 14.1. The zero-order chi connectivity index (χ0) is 67.5. The number of ether oxygens (including phenoxy) is 4. The summed E-state index contributed by atoms with van der Waals surface area (Å²) >= 11 is 0. The van der Waals surface area contributed by atoms with E-state index in [0.717, 1.165) is 114 Å². The molecular formula is C72H140O17P2. The number of esters is 4. The van der Waals surface area contributed by atoms with Crippen molar-refractivity contribution in [1.29, 1.82) is 0 Å². The molecule has 0 aliphatic rings. The monoisotopic (exact) mass is 1340 g/mol. The number of rotatable bonds is 69. The second-order valence-corrected chi connectivity index (χ2v) is 30.6. The predicted octanol–water partition coefficient (Wildman–Crippen LogP) is 20.5. The molecule has 0 aliphatic carbocycles. The molecule has 0 radical (unpaired) electrons. The van der Waals surface area contributed by atoms with Crippen molar-refractivity contribution >= 4 is 39.5 Å². The Hall–Kier alpha value is -1.94. The number of phosphoric acid groups is 2. The molecule has 3 N–H and O–H groups in total. The summed E-state index contributed by atoms with van der Waals surface area (Å²) in [5, 5.41) is 10.6. The number of hydrogen-bond donors (Lipinski definition) is 3. The Balaban J connectivity index is 5.20. The molecule has 0 aliphatic heterocycles. The van der Waals surface area contributed by atoms with Gasteiger partial charge >= 0.3 is 39.5 Å². The molecule has 0 aromatic carbocycles. The average Bonchev–Trinajstić information content (AvgIpc) is 3.53. The van der Waals surface area contributed by atoms with Crippen molar-refractivity contribution in [3.8, 4) is 0 Å². The van der Waals surface area contributed by atoms with E-state index in [1.54, 1.807) is 0 Å². The standard InChI is InChI=1S/C72H140O17P2/c1-9-65(8)51-43-35-30-31-39-47-55-72(77)89-68(59-82-69(74)52-44-36-27-22-18-20-25-33-41-49-63(4)5)61-87-91(80,81)85-57-66(73)56-84-90(78,79)86-60-67(58-83-70(75)53-45-37-29-23-26-34-42-50-64(6)7)88-71(76)54-46-38-28-21-17-15-13-11-10-12-14-16-19-24-32-40-48-62(2)3/h62-68,73H,9-61H2,1-8H3,(H,78,79)(H,80,81)/t65?,66?,67-,68-/m1/s1. The number of carbonyl (C=O) groups is 4. The molecule has 6 atom stereocenters. The van der Waals surface area contributed by atoms with E-state index in [-0.39, 0.29) is 25.7 Å². The quantitative estimate of drug-likeness (QED) is 0.0222. The highest BCUT2D eigenvalue weighted by Crippen LogP contribution is 2.45. The number of hydrogen-bond acceptors (Lipinski definition) is 15. The maximum atomic E-state index is 13.0. The van der Waals surface area contributed by atoms with Crippen molar-refractivity contribution in [3.05, 3.63) is 0 Å². The lowest BCUT2D eigenvalue weighted by molar-refractivity contribution is -0.161. The van der Waals surface area contributed by atoms with Crippen molar-refractivity contribution in [3.63, 3.8) is 0 Å². The van der Waals surface area contributed by atoms with E-state index < -0.39 is 97.5 Å². The first kappa shape index (κ1) is 89.1. The smallest absolute Gasteiger partial charge is 0.462 e. The average molecular weight is 1340 g/mol. The topological polar surface area (TPSA) is 237 Å². The molecule has 19 heteroatoms. The van der Waals surface area contributed by atoms with Crippen molar-refractivity contribution < 1.29 is 80.2 Å². The van der Waals surface area contributed by atoms with Gasteiger partial charge in [-0.05, 0) is 49.4 Å². The van der Waals surface area contributed by atoms with Crippen LogP contribution in [0.2, 0.25) is 0 Å². The minimum atomic E-state index is -4.95.